The maximum Gasteiger partial charge on any atom is 0.324 e. The van der Waals surface area contributed by atoms with Crippen LogP contribution in [0.25, 0.3) is 0 Å². The molecule has 0 spiro atoms. The Balaban J connectivity index is 0.000000825. The Morgan fingerprint density at radius 3 is 2.31 bits per heavy atom. The molecule has 1 fully saturated rings. The van der Waals surface area contributed by atoms with Crippen molar-refractivity contribution in [3.63, 3.8) is 0 Å². The lowest BCUT2D eigenvalue weighted by molar-refractivity contribution is -0.134. The Hall–Kier alpha value is -2.93. The van der Waals surface area contributed by atoms with E-state index in [4.69, 9.17) is 29.1 Å². The molecule has 1 saturated heterocycles. The van der Waals surface area contributed by atoms with Crippen molar-refractivity contribution in [3.05, 3.63) is 29.6 Å². The van der Waals surface area contributed by atoms with E-state index in [0.717, 1.165) is 50.4 Å². The number of halogens is 2. The van der Waals surface area contributed by atoms with Gasteiger partial charge in [-0.25, -0.2) is 8.78 Å². The van der Waals surface area contributed by atoms with Crippen molar-refractivity contribution in [3.8, 4) is 5.75 Å². The zero-order valence-electron chi connectivity index (χ0n) is 21.1. The number of benzene rings is 1. The zero-order chi connectivity index (χ0) is 27.3. The highest BCUT2D eigenvalue weighted by molar-refractivity contribution is 7.98. The number of hydrogen-bond acceptors (Lipinski definition) is 9. The molecule has 36 heavy (non-hydrogen) atoms. The maximum atomic E-state index is 13.8. The number of aliphatic carboxylic acids is 1. The number of carboxylic acid groups (broad SMARTS) is 2. The molecule has 1 aromatic carbocycles. The Labute approximate surface area is 213 Å². The second-order valence-electron chi connectivity index (χ2n) is 8.18. The molecule has 1 aromatic heterocycles. The molecule has 202 valence electrons. The van der Waals surface area contributed by atoms with E-state index in [-0.39, 0.29) is 23.0 Å². The Morgan fingerprint density at radius 1 is 1.33 bits per heavy atom. The molecule has 0 amide bonds. The number of carboxylic acids is 1. The molecule has 13 heteroatoms. The number of thioether (sulfide) groups is 1. The number of rotatable bonds is 8. The van der Waals surface area contributed by atoms with Gasteiger partial charge < -0.3 is 24.4 Å². The summed E-state index contributed by atoms with van der Waals surface area (Å²) in [5.74, 6) is -0.812. The number of likely N-dealkylation sites (N-methyl/N-ethyl adjacent to an activating group) is 1. The number of anilines is 1. The van der Waals surface area contributed by atoms with Crippen LogP contribution in [0.2, 0.25) is 0 Å². The van der Waals surface area contributed by atoms with Gasteiger partial charge in [0.05, 0.1) is 4.90 Å². The van der Waals surface area contributed by atoms with Crippen LogP contribution in [0.5, 0.6) is 5.75 Å². The molecule has 1 aliphatic rings. The minimum atomic E-state index is -0.833. The lowest BCUT2D eigenvalue weighted by atomic mass is 10.0. The number of ether oxygens (including phenoxy) is 1. The summed E-state index contributed by atoms with van der Waals surface area (Å²) >= 11 is 1.05. The number of aromatic nitrogens is 2. The van der Waals surface area contributed by atoms with E-state index >= 15 is 0 Å². The first-order valence-electron chi connectivity index (χ1n) is 11.3. The summed E-state index contributed by atoms with van der Waals surface area (Å²) in [6.45, 7) is 7.66. The second-order valence-corrected chi connectivity index (χ2v) is 9.00. The van der Waals surface area contributed by atoms with Gasteiger partial charge in [-0.05, 0) is 26.1 Å². The summed E-state index contributed by atoms with van der Waals surface area (Å²) < 4.78 is 38.6. The molecule has 0 aliphatic carbocycles. The fraction of sp³-hybridized carbons (Fsp3) is 0.565. The highest BCUT2D eigenvalue weighted by atomic mass is 32.2. The van der Waals surface area contributed by atoms with Crippen LogP contribution in [-0.4, -0.2) is 83.3 Å². The SMILES string of the molecule is CC(=O)O.CSc1c(F)cc(OCCN(C)C2CCN(c3nc(C(C)C)no3)CC2)cc1F.O=CO. The lowest BCUT2D eigenvalue weighted by Gasteiger charge is -2.35. The van der Waals surface area contributed by atoms with E-state index in [9.17, 15) is 8.78 Å². The van der Waals surface area contributed by atoms with Gasteiger partial charge in [0.15, 0.2) is 5.82 Å². The molecule has 2 aromatic rings. The van der Waals surface area contributed by atoms with Crippen molar-refractivity contribution >= 4 is 30.2 Å². The van der Waals surface area contributed by atoms with Gasteiger partial charge in [0, 0.05) is 50.7 Å². The van der Waals surface area contributed by atoms with Crippen molar-refractivity contribution in [1.82, 2.24) is 15.0 Å². The van der Waals surface area contributed by atoms with Crippen LogP contribution < -0.4 is 9.64 Å². The second kappa shape index (κ2) is 15.9. The van der Waals surface area contributed by atoms with Crippen molar-refractivity contribution in [1.29, 1.82) is 0 Å². The summed E-state index contributed by atoms with van der Waals surface area (Å²) in [7, 11) is 2.05. The average molecular weight is 533 g/mol. The van der Waals surface area contributed by atoms with Gasteiger partial charge in [0.1, 0.15) is 24.0 Å². The summed E-state index contributed by atoms with van der Waals surface area (Å²) in [6, 6.07) is 3.48. The van der Waals surface area contributed by atoms with Crippen LogP contribution in [0.15, 0.2) is 21.6 Å². The van der Waals surface area contributed by atoms with Gasteiger partial charge >= 0.3 is 6.01 Å². The molecule has 10 nitrogen and oxygen atoms in total. The number of piperidine rings is 1. The lowest BCUT2D eigenvalue weighted by Crippen LogP contribution is -2.44. The molecular formula is C23H34F2N4O6S. The highest BCUT2D eigenvalue weighted by Gasteiger charge is 2.25. The van der Waals surface area contributed by atoms with Crippen LogP contribution in [0.4, 0.5) is 14.8 Å². The molecule has 0 saturated carbocycles. The Morgan fingerprint density at radius 2 is 1.86 bits per heavy atom. The smallest absolute Gasteiger partial charge is 0.324 e. The van der Waals surface area contributed by atoms with E-state index < -0.39 is 17.6 Å². The minimum Gasteiger partial charge on any atom is -0.492 e. The predicted octanol–water partition coefficient (Wildman–Crippen LogP) is 3.96. The molecule has 0 unspecified atom stereocenters. The normalized spacial score (nSPS) is 13.5. The fourth-order valence-electron chi connectivity index (χ4n) is 3.39. The zero-order valence-corrected chi connectivity index (χ0v) is 21.9. The van der Waals surface area contributed by atoms with Gasteiger partial charge in [-0.2, -0.15) is 4.98 Å². The summed E-state index contributed by atoms with van der Waals surface area (Å²) in [4.78, 5) is 26.2. The monoisotopic (exact) mass is 532 g/mol. The summed E-state index contributed by atoms with van der Waals surface area (Å²) in [6.07, 6.45) is 3.59. The van der Waals surface area contributed by atoms with Crippen molar-refractivity contribution in [2.75, 3.05) is 44.4 Å². The Kier molecular flexibility index (Phi) is 13.8. The van der Waals surface area contributed by atoms with Crippen molar-refractivity contribution in [2.45, 2.75) is 50.5 Å². The van der Waals surface area contributed by atoms with E-state index in [0.29, 0.717) is 25.2 Å². The van der Waals surface area contributed by atoms with E-state index in [2.05, 4.69) is 19.9 Å². The van der Waals surface area contributed by atoms with E-state index in [1.54, 1.807) is 6.26 Å². The third kappa shape index (κ3) is 10.4. The topological polar surface area (TPSA) is 129 Å². The molecule has 0 radical (unpaired) electrons. The molecule has 2 heterocycles. The fourth-order valence-corrected chi connectivity index (χ4v) is 3.90. The van der Waals surface area contributed by atoms with Gasteiger partial charge in [-0.15, -0.1) is 11.8 Å². The van der Waals surface area contributed by atoms with Crippen LogP contribution in [-0.2, 0) is 9.59 Å². The van der Waals surface area contributed by atoms with Crippen LogP contribution in [0.1, 0.15) is 45.4 Å². The van der Waals surface area contributed by atoms with Gasteiger partial charge in [-0.1, -0.05) is 19.0 Å². The maximum absolute atomic E-state index is 13.8. The van der Waals surface area contributed by atoms with Crippen molar-refractivity contribution < 1.29 is 37.8 Å². The molecule has 2 N–H and O–H groups in total. The minimum absolute atomic E-state index is 0.0167. The summed E-state index contributed by atoms with van der Waals surface area (Å²) in [5.41, 5.74) is 0. The molecule has 0 bridgehead atoms. The molecule has 1 aliphatic heterocycles. The standard InChI is InChI=1S/C20H28F2N4O2S.C2H4O2.CH2O2/c1-13(2)19-23-20(28-24-19)26-7-5-14(6-8-26)25(3)9-10-27-15-11-16(21)18(29-4)17(22)12-15;1-2(3)4;2-1-3/h11-14H,5-10H2,1-4H3;1H3,(H,3,4);1H,(H,2,3). The number of hydrogen-bond donors (Lipinski definition) is 2. The van der Waals surface area contributed by atoms with E-state index in [1.165, 1.54) is 12.1 Å². The predicted molar refractivity (Wildman–Crippen MR) is 132 cm³/mol. The first-order chi connectivity index (χ1) is 17.0. The van der Waals surface area contributed by atoms with Gasteiger partial charge in [0.25, 0.3) is 12.4 Å². The Bertz CT molecular complexity index is 927. The summed E-state index contributed by atoms with van der Waals surface area (Å²) in [5, 5.41) is 18.3. The first-order valence-corrected chi connectivity index (χ1v) is 12.5. The number of carbonyl (C=O) groups is 2. The number of nitrogens with zero attached hydrogens (tertiary/aromatic N) is 4. The third-order valence-electron chi connectivity index (χ3n) is 5.19. The molecule has 3 rings (SSSR count). The van der Waals surface area contributed by atoms with Crippen molar-refractivity contribution in [2.24, 2.45) is 0 Å². The van der Waals surface area contributed by atoms with Crippen LogP contribution in [0.3, 0.4) is 0 Å². The third-order valence-corrected chi connectivity index (χ3v) is 5.99. The molecular weight excluding hydrogens is 498 g/mol. The largest absolute Gasteiger partial charge is 0.492 e. The van der Waals surface area contributed by atoms with Gasteiger partial charge in [-0.3, -0.25) is 14.5 Å². The quantitative estimate of drug-likeness (QED) is 0.378. The van der Waals surface area contributed by atoms with Gasteiger partial charge in [0.2, 0.25) is 0 Å². The highest BCUT2D eigenvalue weighted by Crippen LogP contribution is 2.27. The first kappa shape index (κ1) is 31.1. The van der Waals surface area contributed by atoms with E-state index in [1.807, 2.05) is 20.9 Å². The van der Waals surface area contributed by atoms with Crippen LogP contribution >= 0.6 is 11.8 Å². The molecule has 0 atom stereocenters. The van der Waals surface area contributed by atoms with Crippen LogP contribution in [0, 0.1) is 11.6 Å². The average Bonchev–Trinajstić information content (AvgIpc) is 3.30.